The van der Waals surface area contributed by atoms with Gasteiger partial charge in [-0.3, -0.25) is 19.1 Å². The van der Waals surface area contributed by atoms with Crippen LogP contribution in [0.4, 0.5) is 0 Å². The number of ether oxygens (including phenoxy) is 1. The van der Waals surface area contributed by atoms with Crippen molar-refractivity contribution in [1.82, 2.24) is 25.3 Å². The molecule has 176 valence electrons. The van der Waals surface area contributed by atoms with Crippen LogP contribution in [0.5, 0.6) is 5.75 Å². The molecular formula is C24H31N5O4. The Bertz CT molecular complexity index is 1060. The predicted molar refractivity (Wildman–Crippen MR) is 122 cm³/mol. The number of fused-ring (bicyclic) bond motifs is 1. The Balaban J connectivity index is 1.48. The zero-order valence-corrected chi connectivity index (χ0v) is 19.4. The van der Waals surface area contributed by atoms with Crippen molar-refractivity contribution in [3.8, 4) is 5.75 Å². The van der Waals surface area contributed by atoms with Crippen molar-refractivity contribution in [2.45, 2.75) is 63.7 Å². The van der Waals surface area contributed by atoms with Crippen LogP contribution in [-0.4, -0.2) is 58.1 Å². The summed E-state index contributed by atoms with van der Waals surface area (Å²) in [5, 5.41) is 10.3. The number of likely N-dealkylation sites (N-methyl/N-ethyl adjacent to an activating group) is 1. The average molecular weight is 454 g/mol. The molecule has 1 aliphatic carbocycles. The number of nitrogens with zero attached hydrogens (tertiary/aromatic N) is 3. The topological polar surface area (TPSA) is 106 Å². The van der Waals surface area contributed by atoms with E-state index in [1.165, 1.54) is 22.1 Å². The van der Waals surface area contributed by atoms with Crippen LogP contribution < -0.4 is 15.4 Å². The van der Waals surface area contributed by atoms with Crippen LogP contribution in [0.25, 0.3) is 0 Å². The third kappa shape index (κ3) is 4.44. The lowest BCUT2D eigenvalue weighted by Gasteiger charge is -2.41. The summed E-state index contributed by atoms with van der Waals surface area (Å²) in [6, 6.07) is 9.04. The Morgan fingerprint density at radius 3 is 2.67 bits per heavy atom. The zero-order chi connectivity index (χ0) is 23.6. The van der Waals surface area contributed by atoms with Crippen LogP contribution in [0.2, 0.25) is 0 Å². The molecule has 9 nitrogen and oxygen atoms in total. The van der Waals surface area contributed by atoms with Gasteiger partial charge in [0.05, 0.1) is 13.7 Å². The van der Waals surface area contributed by atoms with Gasteiger partial charge in [0, 0.05) is 31.3 Å². The van der Waals surface area contributed by atoms with Crippen LogP contribution >= 0.6 is 0 Å². The number of aromatic nitrogens is 2. The first-order valence-electron chi connectivity index (χ1n) is 11.4. The second-order valence-corrected chi connectivity index (χ2v) is 9.01. The van der Waals surface area contributed by atoms with E-state index < -0.39 is 11.4 Å². The van der Waals surface area contributed by atoms with Crippen LogP contribution in [0.15, 0.2) is 30.3 Å². The summed E-state index contributed by atoms with van der Waals surface area (Å²) in [7, 11) is 3.20. The fourth-order valence-corrected chi connectivity index (χ4v) is 4.54. The van der Waals surface area contributed by atoms with Gasteiger partial charge in [0.25, 0.3) is 11.8 Å². The summed E-state index contributed by atoms with van der Waals surface area (Å²) in [4.78, 5) is 40.4. The van der Waals surface area contributed by atoms with Crippen molar-refractivity contribution in [2.24, 2.45) is 0 Å². The lowest BCUT2D eigenvalue weighted by atomic mass is 9.92. The summed E-state index contributed by atoms with van der Waals surface area (Å²) in [5.41, 5.74) is 0.181. The van der Waals surface area contributed by atoms with Gasteiger partial charge < -0.3 is 20.3 Å². The number of methoxy groups -OCH3 is 1. The summed E-state index contributed by atoms with van der Waals surface area (Å²) in [6.45, 7) is 2.19. The Labute approximate surface area is 193 Å². The van der Waals surface area contributed by atoms with E-state index in [1.54, 1.807) is 21.1 Å². The van der Waals surface area contributed by atoms with Crippen LogP contribution in [0.3, 0.4) is 0 Å². The van der Waals surface area contributed by atoms with Crippen molar-refractivity contribution in [3.05, 3.63) is 47.3 Å². The molecule has 0 saturated heterocycles. The number of para-hydroxylation sites is 1. The molecule has 0 bridgehead atoms. The molecule has 1 saturated carbocycles. The van der Waals surface area contributed by atoms with Gasteiger partial charge in [-0.2, -0.15) is 5.10 Å². The van der Waals surface area contributed by atoms with Crippen molar-refractivity contribution >= 4 is 17.7 Å². The van der Waals surface area contributed by atoms with Crippen molar-refractivity contribution < 1.29 is 19.1 Å². The van der Waals surface area contributed by atoms with E-state index in [9.17, 15) is 14.4 Å². The van der Waals surface area contributed by atoms with Gasteiger partial charge in [-0.1, -0.05) is 37.5 Å². The van der Waals surface area contributed by atoms with Crippen LogP contribution in [-0.2, 0) is 17.9 Å². The highest BCUT2D eigenvalue weighted by Crippen LogP contribution is 2.27. The number of hydrogen-bond acceptors (Lipinski definition) is 5. The Morgan fingerprint density at radius 1 is 1.21 bits per heavy atom. The molecule has 9 heteroatoms. The summed E-state index contributed by atoms with van der Waals surface area (Å²) in [5.74, 6) is -0.238. The van der Waals surface area contributed by atoms with E-state index in [0.29, 0.717) is 11.4 Å². The minimum absolute atomic E-state index is 0.138. The Morgan fingerprint density at radius 2 is 1.94 bits per heavy atom. The Kier molecular flexibility index (Phi) is 6.40. The molecule has 1 aliphatic heterocycles. The van der Waals surface area contributed by atoms with Gasteiger partial charge in [0.2, 0.25) is 5.91 Å². The molecule has 0 radical (unpaired) electrons. The fraction of sp³-hybridized carbons (Fsp3) is 0.500. The third-order valence-corrected chi connectivity index (χ3v) is 6.80. The molecule has 2 aliphatic rings. The van der Waals surface area contributed by atoms with E-state index in [4.69, 9.17) is 4.74 Å². The SMILES string of the molecule is COc1ccccc1CNC(=O)c1cc2n(n1)C[C@@](C)(C(=O)NC1CCCCC1)N(C)C2=O. The van der Waals surface area contributed by atoms with Gasteiger partial charge >= 0.3 is 0 Å². The minimum atomic E-state index is -1.08. The van der Waals surface area contributed by atoms with Crippen LogP contribution in [0, 0.1) is 0 Å². The van der Waals surface area contributed by atoms with Crippen molar-refractivity contribution in [1.29, 1.82) is 0 Å². The number of benzene rings is 1. The molecule has 1 aromatic heterocycles. The maximum Gasteiger partial charge on any atom is 0.272 e. The summed E-state index contributed by atoms with van der Waals surface area (Å²) < 4.78 is 6.79. The number of carbonyl (C=O) groups is 3. The molecule has 2 aromatic rings. The zero-order valence-electron chi connectivity index (χ0n) is 19.4. The number of nitrogens with one attached hydrogen (secondary N) is 2. The average Bonchev–Trinajstić information content (AvgIpc) is 3.25. The number of carbonyl (C=O) groups excluding carboxylic acids is 3. The molecule has 4 rings (SSSR count). The van der Waals surface area contributed by atoms with Crippen LogP contribution in [0.1, 0.15) is 65.6 Å². The second-order valence-electron chi connectivity index (χ2n) is 9.01. The number of amides is 3. The lowest BCUT2D eigenvalue weighted by molar-refractivity contribution is -0.133. The highest BCUT2D eigenvalue weighted by atomic mass is 16.5. The third-order valence-electron chi connectivity index (χ3n) is 6.80. The Hall–Kier alpha value is -3.36. The predicted octanol–water partition coefficient (Wildman–Crippen LogP) is 2.11. The van der Waals surface area contributed by atoms with E-state index in [0.717, 1.165) is 31.2 Å². The molecule has 1 fully saturated rings. The minimum Gasteiger partial charge on any atom is -0.496 e. The lowest BCUT2D eigenvalue weighted by Crippen LogP contribution is -2.63. The van der Waals surface area contributed by atoms with Gasteiger partial charge in [0.15, 0.2) is 5.69 Å². The standard InChI is InChI=1S/C24H31N5O4/c1-24(23(32)26-17-10-5-4-6-11-17)15-29-19(22(31)28(24)2)13-18(27-29)21(30)25-14-16-9-7-8-12-20(16)33-3/h7-9,12-13,17H,4-6,10-11,14-15H2,1-3H3,(H,25,30)(H,26,32)/t24-/m0/s1. The monoisotopic (exact) mass is 453 g/mol. The van der Waals surface area contributed by atoms with E-state index in [2.05, 4.69) is 15.7 Å². The van der Waals surface area contributed by atoms with E-state index in [-0.39, 0.29) is 36.6 Å². The summed E-state index contributed by atoms with van der Waals surface area (Å²) in [6.07, 6.45) is 5.33. The highest BCUT2D eigenvalue weighted by molar-refractivity contribution is 6.01. The van der Waals surface area contributed by atoms with Crippen molar-refractivity contribution in [3.63, 3.8) is 0 Å². The second kappa shape index (κ2) is 9.25. The molecular weight excluding hydrogens is 422 g/mol. The molecule has 0 unspecified atom stereocenters. The fourth-order valence-electron chi connectivity index (χ4n) is 4.54. The maximum absolute atomic E-state index is 13.2. The van der Waals surface area contributed by atoms with E-state index >= 15 is 0 Å². The van der Waals surface area contributed by atoms with Gasteiger partial charge in [-0.15, -0.1) is 0 Å². The summed E-state index contributed by atoms with van der Waals surface area (Å²) >= 11 is 0. The largest absolute Gasteiger partial charge is 0.496 e. The molecule has 2 heterocycles. The quantitative estimate of drug-likeness (QED) is 0.697. The molecule has 33 heavy (non-hydrogen) atoms. The molecule has 1 atom stereocenters. The first-order valence-corrected chi connectivity index (χ1v) is 11.4. The van der Waals surface area contributed by atoms with Gasteiger partial charge in [-0.05, 0) is 25.8 Å². The number of hydrogen-bond donors (Lipinski definition) is 2. The van der Waals surface area contributed by atoms with Gasteiger partial charge in [0.1, 0.15) is 17.0 Å². The molecule has 1 aromatic carbocycles. The first-order chi connectivity index (χ1) is 15.8. The van der Waals surface area contributed by atoms with Gasteiger partial charge in [-0.25, -0.2) is 0 Å². The molecule has 3 amide bonds. The van der Waals surface area contributed by atoms with Crippen molar-refractivity contribution in [2.75, 3.05) is 14.2 Å². The maximum atomic E-state index is 13.2. The first kappa shape index (κ1) is 22.8. The smallest absolute Gasteiger partial charge is 0.272 e. The molecule has 2 N–H and O–H groups in total. The highest BCUT2D eigenvalue weighted by Gasteiger charge is 2.46. The normalized spacial score (nSPS) is 20.8. The van der Waals surface area contributed by atoms with E-state index in [1.807, 2.05) is 24.3 Å². The molecule has 0 spiro atoms. The number of rotatable bonds is 6.